The molecule has 2 aromatic carbocycles. The Kier molecular flexibility index (Phi) is 4.69. The van der Waals surface area contributed by atoms with Crippen molar-refractivity contribution in [1.82, 2.24) is 9.88 Å². The molecule has 7 heteroatoms. The summed E-state index contributed by atoms with van der Waals surface area (Å²) in [6.07, 6.45) is 5.28. The van der Waals surface area contributed by atoms with Gasteiger partial charge in [0.1, 0.15) is 17.5 Å². The summed E-state index contributed by atoms with van der Waals surface area (Å²) in [5.41, 5.74) is 4.10. The number of likely N-dealkylation sites (tertiary alicyclic amines) is 1. The van der Waals surface area contributed by atoms with Crippen LogP contribution in [0.2, 0.25) is 0 Å². The highest BCUT2D eigenvalue weighted by Gasteiger charge is 2.50. The normalized spacial score (nSPS) is 22.8. The molecule has 2 aliphatic carbocycles. The number of amides is 1. The number of fused-ring (bicyclic) bond motifs is 4. The van der Waals surface area contributed by atoms with Crippen molar-refractivity contribution in [3.8, 4) is 22.9 Å². The summed E-state index contributed by atoms with van der Waals surface area (Å²) in [5.74, 6) is 0.623. The first-order chi connectivity index (χ1) is 17.9. The van der Waals surface area contributed by atoms with E-state index in [0.717, 1.165) is 55.6 Å². The zero-order chi connectivity index (χ0) is 25.5. The molecule has 0 unspecified atom stereocenters. The Morgan fingerprint density at radius 1 is 1.27 bits per heavy atom. The second-order valence-corrected chi connectivity index (χ2v) is 11.2. The largest absolute Gasteiger partial charge is 0.505 e. The van der Waals surface area contributed by atoms with Gasteiger partial charge in [0.15, 0.2) is 11.6 Å². The topological polar surface area (TPSA) is 80.5 Å². The highest BCUT2D eigenvalue weighted by molar-refractivity contribution is 6.01. The third-order valence-electron chi connectivity index (χ3n) is 8.97. The minimum atomic E-state index is -0.645. The average molecular weight is 495 g/mol. The van der Waals surface area contributed by atoms with Crippen LogP contribution in [-0.2, 0) is 11.2 Å². The Labute approximate surface area is 214 Å². The number of rotatable bonds is 3. The summed E-state index contributed by atoms with van der Waals surface area (Å²) in [6, 6.07) is 11.1. The lowest BCUT2D eigenvalue weighted by atomic mass is 9.79. The van der Waals surface area contributed by atoms with E-state index in [1.54, 1.807) is 12.1 Å². The van der Waals surface area contributed by atoms with E-state index in [1.807, 2.05) is 17.0 Å². The van der Waals surface area contributed by atoms with Crippen LogP contribution in [0, 0.1) is 28.5 Å². The summed E-state index contributed by atoms with van der Waals surface area (Å²) in [7, 11) is 0. The molecule has 1 N–H and O–H groups in total. The van der Waals surface area contributed by atoms with Crippen LogP contribution in [0.1, 0.15) is 42.0 Å². The Morgan fingerprint density at radius 2 is 2.05 bits per heavy atom. The molecule has 1 saturated carbocycles. The molecule has 186 valence electrons. The van der Waals surface area contributed by atoms with Crippen LogP contribution in [-0.4, -0.2) is 47.1 Å². The van der Waals surface area contributed by atoms with Gasteiger partial charge in [0.2, 0.25) is 5.91 Å². The van der Waals surface area contributed by atoms with E-state index in [9.17, 15) is 19.6 Å². The van der Waals surface area contributed by atoms with Gasteiger partial charge < -0.3 is 14.9 Å². The molecule has 3 heterocycles. The van der Waals surface area contributed by atoms with E-state index in [1.165, 1.54) is 12.1 Å². The van der Waals surface area contributed by atoms with Crippen molar-refractivity contribution in [1.29, 1.82) is 5.26 Å². The predicted octanol–water partition coefficient (Wildman–Crippen LogP) is 4.89. The Hall–Kier alpha value is -3.92. The number of nitrogens with zero attached hydrogens (tertiary/aromatic N) is 4. The fourth-order valence-corrected chi connectivity index (χ4v) is 7.01. The molecule has 1 amide bonds. The molecule has 1 spiro atoms. The number of halogens is 1. The standard InChI is InChI=1S/C30H27FN4O2/c1-2-25(37)35-15-30(16-35)9-10-34(14-30)29-23(13-32)26(20-8-7-17-11-21(17)28(20)33-29)22-12-24(36)27(31)19-6-4-3-5-18(19)22/h2-6,12,17,21,36H,1,7-11,14-16H2/t17-,21+/m0/s1. The molecular weight excluding hydrogens is 467 g/mol. The molecular formula is C30H27FN4O2. The number of carbonyl (C=O) groups excluding carboxylic acids is 1. The SMILES string of the molecule is C=CC(=O)N1CC2(CCN(c3nc4c(c(-c5cc(O)c(F)c6ccccc56)c3C#N)CC[C@H]3C[C@@H]43)C2)C1. The van der Waals surface area contributed by atoms with Crippen molar-refractivity contribution in [2.75, 3.05) is 31.1 Å². The van der Waals surface area contributed by atoms with Crippen LogP contribution >= 0.6 is 0 Å². The number of aromatic nitrogens is 1. The Morgan fingerprint density at radius 3 is 2.81 bits per heavy atom. The number of nitriles is 1. The van der Waals surface area contributed by atoms with E-state index in [4.69, 9.17) is 4.98 Å². The van der Waals surface area contributed by atoms with Gasteiger partial charge in [0.05, 0.1) is 5.69 Å². The zero-order valence-electron chi connectivity index (χ0n) is 20.5. The van der Waals surface area contributed by atoms with Gasteiger partial charge in [0, 0.05) is 48.5 Å². The van der Waals surface area contributed by atoms with Gasteiger partial charge in [-0.2, -0.15) is 5.26 Å². The van der Waals surface area contributed by atoms with Crippen molar-refractivity contribution < 1.29 is 14.3 Å². The number of phenolic OH excluding ortho intramolecular Hbond substituents is 1. The van der Waals surface area contributed by atoms with Crippen LogP contribution < -0.4 is 4.90 Å². The van der Waals surface area contributed by atoms with Gasteiger partial charge >= 0.3 is 0 Å². The van der Waals surface area contributed by atoms with E-state index in [2.05, 4.69) is 17.5 Å². The van der Waals surface area contributed by atoms with Gasteiger partial charge in [-0.25, -0.2) is 9.37 Å². The number of carbonyl (C=O) groups is 1. The molecule has 7 rings (SSSR count). The maximum Gasteiger partial charge on any atom is 0.245 e. The van der Waals surface area contributed by atoms with Crippen LogP contribution in [0.4, 0.5) is 10.2 Å². The smallest absolute Gasteiger partial charge is 0.245 e. The van der Waals surface area contributed by atoms with Crippen LogP contribution in [0.5, 0.6) is 5.75 Å². The fraction of sp³-hybridized carbons (Fsp3) is 0.367. The van der Waals surface area contributed by atoms with Crippen molar-refractivity contribution in [2.45, 2.75) is 31.6 Å². The highest BCUT2D eigenvalue weighted by atomic mass is 19.1. The number of anilines is 1. The van der Waals surface area contributed by atoms with E-state index >= 15 is 0 Å². The number of aromatic hydroxyl groups is 1. The Bertz CT molecular complexity index is 1550. The first-order valence-corrected chi connectivity index (χ1v) is 13.0. The van der Waals surface area contributed by atoms with E-state index < -0.39 is 11.6 Å². The third kappa shape index (κ3) is 3.21. The number of benzene rings is 2. The lowest BCUT2D eigenvalue weighted by Gasteiger charge is -2.47. The van der Waals surface area contributed by atoms with Gasteiger partial charge in [-0.05, 0) is 60.3 Å². The third-order valence-corrected chi connectivity index (χ3v) is 8.97. The molecule has 3 fully saturated rings. The van der Waals surface area contributed by atoms with E-state index in [0.29, 0.717) is 52.6 Å². The molecule has 3 aromatic rings. The van der Waals surface area contributed by atoms with Gasteiger partial charge in [-0.3, -0.25) is 4.79 Å². The zero-order valence-corrected chi connectivity index (χ0v) is 20.5. The van der Waals surface area contributed by atoms with Crippen molar-refractivity contribution in [3.63, 3.8) is 0 Å². The Balaban J connectivity index is 1.39. The number of hydrogen-bond acceptors (Lipinski definition) is 5. The van der Waals surface area contributed by atoms with Crippen molar-refractivity contribution >= 4 is 22.5 Å². The number of phenols is 1. The molecule has 0 radical (unpaired) electrons. The lowest BCUT2D eigenvalue weighted by molar-refractivity contribution is -0.136. The van der Waals surface area contributed by atoms with Crippen LogP contribution in [0.3, 0.4) is 0 Å². The second-order valence-electron chi connectivity index (χ2n) is 11.2. The maximum atomic E-state index is 14.9. The molecule has 0 bridgehead atoms. The summed E-state index contributed by atoms with van der Waals surface area (Å²) in [4.78, 5) is 21.2. The van der Waals surface area contributed by atoms with Crippen LogP contribution in [0.15, 0.2) is 43.0 Å². The molecule has 2 atom stereocenters. The first-order valence-electron chi connectivity index (χ1n) is 13.0. The highest BCUT2D eigenvalue weighted by Crippen LogP contribution is 2.57. The average Bonchev–Trinajstić information content (AvgIpc) is 3.57. The fourth-order valence-electron chi connectivity index (χ4n) is 7.01. The lowest BCUT2D eigenvalue weighted by Crippen LogP contribution is -2.59. The molecule has 2 aliphatic heterocycles. The molecule has 1 aromatic heterocycles. The first kappa shape index (κ1) is 22.3. The minimum Gasteiger partial charge on any atom is -0.505 e. The minimum absolute atomic E-state index is 0.00605. The molecule has 2 saturated heterocycles. The summed E-state index contributed by atoms with van der Waals surface area (Å²) < 4.78 is 14.9. The maximum absolute atomic E-state index is 14.9. The monoisotopic (exact) mass is 494 g/mol. The quantitative estimate of drug-likeness (QED) is 0.525. The molecule has 6 nitrogen and oxygen atoms in total. The number of hydrogen-bond donors (Lipinski definition) is 1. The van der Waals surface area contributed by atoms with Crippen LogP contribution in [0.25, 0.3) is 21.9 Å². The molecule has 37 heavy (non-hydrogen) atoms. The van der Waals surface area contributed by atoms with Gasteiger partial charge in [-0.15, -0.1) is 0 Å². The number of pyridine rings is 1. The van der Waals surface area contributed by atoms with Gasteiger partial charge in [-0.1, -0.05) is 30.8 Å². The summed E-state index contributed by atoms with van der Waals surface area (Å²) in [5, 5.41) is 22.1. The van der Waals surface area contributed by atoms with Crippen molar-refractivity contribution in [2.24, 2.45) is 11.3 Å². The summed E-state index contributed by atoms with van der Waals surface area (Å²) >= 11 is 0. The summed E-state index contributed by atoms with van der Waals surface area (Å²) in [6.45, 7) is 6.47. The second kappa shape index (κ2) is 7.79. The van der Waals surface area contributed by atoms with Crippen molar-refractivity contribution in [3.05, 3.63) is 65.6 Å². The van der Waals surface area contributed by atoms with E-state index in [-0.39, 0.29) is 11.3 Å². The predicted molar refractivity (Wildman–Crippen MR) is 139 cm³/mol. The van der Waals surface area contributed by atoms with Gasteiger partial charge in [0.25, 0.3) is 0 Å². The molecule has 4 aliphatic rings.